The van der Waals surface area contributed by atoms with Gasteiger partial charge in [-0.15, -0.1) is 11.3 Å². The molecule has 39 heavy (non-hydrogen) atoms. The average Bonchev–Trinajstić information content (AvgIpc) is 3.57. The molecular weight excluding hydrogens is 521 g/mol. The summed E-state index contributed by atoms with van der Waals surface area (Å²) in [6, 6.07) is 6.85. The number of pyridine rings is 1. The zero-order chi connectivity index (χ0) is 27.9. The molecule has 0 aliphatic carbocycles. The van der Waals surface area contributed by atoms with Crippen molar-refractivity contribution in [2.45, 2.75) is 26.2 Å². The highest BCUT2D eigenvalue weighted by Gasteiger charge is 2.22. The summed E-state index contributed by atoms with van der Waals surface area (Å²) in [5, 5.41) is 14.1. The molecule has 4 heterocycles. The van der Waals surface area contributed by atoms with Crippen LogP contribution < -0.4 is 21.5 Å². The lowest BCUT2D eigenvalue weighted by atomic mass is 9.92. The van der Waals surface area contributed by atoms with Gasteiger partial charge in [0.05, 0.1) is 23.1 Å². The van der Waals surface area contributed by atoms with Gasteiger partial charge in [-0.1, -0.05) is 26.8 Å². The van der Waals surface area contributed by atoms with Gasteiger partial charge in [0.1, 0.15) is 22.3 Å². The van der Waals surface area contributed by atoms with Crippen LogP contribution in [0.5, 0.6) is 0 Å². The molecule has 3 N–H and O–H groups in total. The molecule has 4 aromatic heterocycles. The number of hydrogen-bond donors (Lipinski definition) is 3. The Balaban J connectivity index is 1.46. The first kappa shape index (κ1) is 26.0. The lowest BCUT2D eigenvalue weighted by Gasteiger charge is -2.13. The summed E-state index contributed by atoms with van der Waals surface area (Å²) in [5.41, 5.74) is 2.94. The number of halogens is 1. The van der Waals surface area contributed by atoms with Crippen molar-refractivity contribution in [2.75, 3.05) is 23.0 Å². The van der Waals surface area contributed by atoms with Gasteiger partial charge in [-0.2, -0.15) is 10.1 Å². The number of nitrogens with one attached hydrogen (secondary N) is 3. The highest BCUT2D eigenvalue weighted by Crippen LogP contribution is 2.29. The van der Waals surface area contributed by atoms with Crippen LogP contribution in [0.2, 0.25) is 0 Å². The monoisotopic (exact) mass is 547 g/mol. The average molecular weight is 548 g/mol. The number of rotatable bonds is 5. The van der Waals surface area contributed by atoms with Gasteiger partial charge in [-0.05, 0) is 23.8 Å². The first-order valence-electron chi connectivity index (χ1n) is 12.0. The minimum atomic E-state index is -0.670. The molecular formula is C26H26FN9O2S. The normalized spacial score (nSPS) is 11.5. The van der Waals surface area contributed by atoms with E-state index >= 15 is 0 Å². The number of hydrogen-bond acceptors (Lipinski definition) is 8. The third-order valence-corrected chi connectivity index (χ3v) is 6.79. The molecule has 0 spiro atoms. The minimum absolute atomic E-state index is 0.0890. The molecule has 0 saturated carbocycles. The van der Waals surface area contributed by atoms with Crippen LogP contribution in [-0.4, -0.2) is 42.4 Å². The van der Waals surface area contributed by atoms with Gasteiger partial charge < -0.3 is 10.6 Å². The molecule has 200 valence electrons. The molecule has 11 nitrogen and oxygen atoms in total. The van der Waals surface area contributed by atoms with E-state index in [4.69, 9.17) is 0 Å². The highest BCUT2D eigenvalue weighted by molar-refractivity contribution is 7.12. The van der Waals surface area contributed by atoms with Gasteiger partial charge >= 0.3 is 6.03 Å². The van der Waals surface area contributed by atoms with E-state index in [2.05, 4.69) is 36.0 Å². The zero-order valence-electron chi connectivity index (χ0n) is 21.9. The Bertz CT molecular complexity index is 1750. The fourth-order valence-electron chi connectivity index (χ4n) is 3.95. The van der Waals surface area contributed by atoms with Crippen molar-refractivity contribution < 1.29 is 9.18 Å². The van der Waals surface area contributed by atoms with Crippen LogP contribution in [0.3, 0.4) is 0 Å². The Kier molecular flexibility index (Phi) is 6.60. The molecule has 0 bridgehead atoms. The fraction of sp³-hybridized carbons (Fsp3) is 0.231. The number of carbonyl (C=O) groups is 1. The van der Waals surface area contributed by atoms with Crippen molar-refractivity contribution in [1.82, 2.24) is 29.3 Å². The Hall–Kier alpha value is -4.65. The van der Waals surface area contributed by atoms with Gasteiger partial charge in [-0.25, -0.2) is 18.9 Å². The van der Waals surface area contributed by atoms with E-state index in [1.54, 1.807) is 48.8 Å². The van der Waals surface area contributed by atoms with Crippen LogP contribution in [0.4, 0.5) is 26.6 Å². The van der Waals surface area contributed by atoms with E-state index in [1.165, 1.54) is 34.1 Å². The van der Waals surface area contributed by atoms with Gasteiger partial charge in [0.15, 0.2) is 0 Å². The number of benzene rings is 1. The molecule has 0 unspecified atom stereocenters. The Morgan fingerprint density at radius 3 is 2.59 bits per heavy atom. The quantitative estimate of drug-likeness (QED) is 0.289. The van der Waals surface area contributed by atoms with Gasteiger partial charge in [0.2, 0.25) is 5.95 Å². The largest absolute Gasteiger partial charge is 0.357 e. The van der Waals surface area contributed by atoms with E-state index in [0.29, 0.717) is 38.9 Å². The maximum Gasteiger partial charge on any atom is 0.324 e. The number of anilines is 3. The molecule has 1 aromatic carbocycles. The second-order valence-corrected chi connectivity index (χ2v) is 10.7. The maximum absolute atomic E-state index is 14.8. The second-order valence-electron chi connectivity index (χ2n) is 9.83. The van der Waals surface area contributed by atoms with Crippen LogP contribution in [0, 0.1) is 5.82 Å². The number of carbonyl (C=O) groups excluding carboxylic acids is 1. The predicted octanol–water partition coefficient (Wildman–Crippen LogP) is 4.76. The molecule has 0 aliphatic rings. The smallest absolute Gasteiger partial charge is 0.324 e. The van der Waals surface area contributed by atoms with Crippen molar-refractivity contribution in [3.05, 3.63) is 70.1 Å². The lowest BCUT2D eigenvalue weighted by molar-refractivity contribution is 0.262. The summed E-state index contributed by atoms with van der Waals surface area (Å²) >= 11 is 1.37. The molecule has 13 heteroatoms. The lowest BCUT2D eigenvalue weighted by Crippen LogP contribution is -2.22. The van der Waals surface area contributed by atoms with E-state index in [-0.39, 0.29) is 16.7 Å². The molecule has 0 fully saturated rings. The second kappa shape index (κ2) is 9.91. The minimum Gasteiger partial charge on any atom is -0.357 e. The molecule has 5 rings (SSSR count). The van der Waals surface area contributed by atoms with E-state index < -0.39 is 11.8 Å². The Morgan fingerprint density at radius 1 is 1.10 bits per heavy atom. The van der Waals surface area contributed by atoms with Crippen LogP contribution in [0.25, 0.3) is 27.2 Å². The summed E-state index contributed by atoms with van der Waals surface area (Å²) in [7, 11) is 3.29. The van der Waals surface area contributed by atoms with E-state index in [1.807, 2.05) is 20.8 Å². The van der Waals surface area contributed by atoms with Crippen molar-refractivity contribution in [3.8, 4) is 16.1 Å². The zero-order valence-corrected chi connectivity index (χ0v) is 22.7. The Labute approximate surface area is 226 Å². The van der Waals surface area contributed by atoms with E-state index in [0.717, 1.165) is 5.69 Å². The fourth-order valence-corrected chi connectivity index (χ4v) is 4.54. The van der Waals surface area contributed by atoms with Crippen LogP contribution in [0.15, 0.2) is 53.0 Å². The standard InChI is InChI=1S/C26H26FN9O2S/c1-26(2,3)19-10-20(36(34-19)21-12-29-13-39-21)32-25(38)31-18-9-14(6-7-17(18)27)16-8-15-11-30-24(28-4)33-22(15)35(5)23(16)37/h6-13H,1-5H3,(H,28,30,33)(H2,31,32,38). The predicted molar refractivity (Wildman–Crippen MR) is 150 cm³/mol. The summed E-state index contributed by atoms with van der Waals surface area (Å²) < 4.78 is 17.8. The Morgan fingerprint density at radius 2 is 1.90 bits per heavy atom. The summed E-state index contributed by atoms with van der Waals surface area (Å²) in [6.45, 7) is 6.04. The summed E-state index contributed by atoms with van der Waals surface area (Å²) in [6.07, 6.45) is 3.25. The SMILES string of the molecule is CNc1ncc2cc(-c3ccc(F)c(NC(=O)Nc4cc(C(C)(C)C)nn4-c4cncs4)c3)c(=O)n(C)c2n1. The van der Waals surface area contributed by atoms with Crippen LogP contribution in [0.1, 0.15) is 26.5 Å². The number of thiazole rings is 1. The summed E-state index contributed by atoms with van der Waals surface area (Å²) in [5.74, 6) is 0.137. The van der Waals surface area contributed by atoms with Gasteiger partial charge in [0.25, 0.3) is 5.56 Å². The number of aromatic nitrogens is 6. The number of aryl methyl sites for hydroxylation is 1. The molecule has 0 saturated heterocycles. The maximum atomic E-state index is 14.8. The number of fused-ring (bicyclic) bond motifs is 1. The van der Waals surface area contributed by atoms with Gasteiger partial charge in [-0.3, -0.25) is 19.7 Å². The molecule has 0 aliphatic heterocycles. The first-order valence-corrected chi connectivity index (χ1v) is 12.8. The summed E-state index contributed by atoms with van der Waals surface area (Å²) in [4.78, 5) is 38.8. The van der Waals surface area contributed by atoms with Crippen molar-refractivity contribution in [1.29, 1.82) is 0 Å². The number of urea groups is 1. The van der Waals surface area contributed by atoms with E-state index in [9.17, 15) is 14.0 Å². The molecule has 5 aromatic rings. The first-order chi connectivity index (χ1) is 18.5. The van der Waals surface area contributed by atoms with Gasteiger partial charge in [0, 0.05) is 42.7 Å². The van der Waals surface area contributed by atoms with Crippen LogP contribution in [-0.2, 0) is 12.5 Å². The molecule has 0 radical (unpaired) electrons. The number of amides is 2. The third kappa shape index (κ3) is 5.08. The molecule has 2 amide bonds. The highest BCUT2D eigenvalue weighted by atomic mass is 32.1. The van der Waals surface area contributed by atoms with Crippen LogP contribution >= 0.6 is 11.3 Å². The third-order valence-electron chi connectivity index (χ3n) is 6.05. The van der Waals surface area contributed by atoms with Crippen molar-refractivity contribution in [3.63, 3.8) is 0 Å². The van der Waals surface area contributed by atoms with Crippen molar-refractivity contribution >= 4 is 45.9 Å². The molecule has 0 atom stereocenters. The number of nitrogens with zero attached hydrogens (tertiary/aromatic N) is 6. The van der Waals surface area contributed by atoms with Crippen molar-refractivity contribution in [2.24, 2.45) is 7.05 Å². The topological polar surface area (TPSA) is 132 Å².